The van der Waals surface area contributed by atoms with E-state index >= 15 is 0 Å². The standard InChI is InChI=1S/C61H118O6/c1-6-8-9-10-11-12-13-19-28-33-38-43-48-53-61(64)67-58(54-65-59(62)51-46-41-36-31-26-22-16-14-15-20-24-29-34-39-44-49-56(3)4)55-66-60(63)52-47-42-37-32-27-23-18-17-21-25-30-35-40-45-50-57(5)7-2/h56-58H,6-55H2,1-5H3/t57?,58-/m1/s1. The van der Waals surface area contributed by atoms with Crippen molar-refractivity contribution in [2.24, 2.45) is 11.8 Å². The average Bonchev–Trinajstić information content (AvgIpc) is 3.31. The van der Waals surface area contributed by atoms with Crippen LogP contribution in [0.5, 0.6) is 0 Å². The van der Waals surface area contributed by atoms with Crippen LogP contribution in [0.15, 0.2) is 0 Å². The number of hydrogen-bond donors (Lipinski definition) is 0. The molecule has 0 aromatic rings. The Kier molecular flexibility index (Phi) is 52.5. The lowest BCUT2D eigenvalue weighted by Crippen LogP contribution is -2.30. The molecule has 6 nitrogen and oxygen atoms in total. The first-order valence-electron chi connectivity index (χ1n) is 30.3. The minimum Gasteiger partial charge on any atom is -0.462 e. The zero-order valence-electron chi connectivity index (χ0n) is 46.0. The summed E-state index contributed by atoms with van der Waals surface area (Å²) in [6, 6.07) is 0. The molecule has 6 heteroatoms. The molecular formula is C61H118O6. The van der Waals surface area contributed by atoms with Crippen LogP contribution in [0.1, 0.15) is 343 Å². The highest BCUT2D eigenvalue weighted by molar-refractivity contribution is 5.71. The maximum absolute atomic E-state index is 12.8. The van der Waals surface area contributed by atoms with E-state index in [4.69, 9.17) is 14.2 Å². The van der Waals surface area contributed by atoms with Gasteiger partial charge < -0.3 is 14.2 Å². The summed E-state index contributed by atoms with van der Waals surface area (Å²) in [5.74, 6) is 0.910. The van der Waals surface area contributed by atoms with Crippen molar-refractivity contribution in [2.45, 2.75) is 349 Å². The summed E-state index contributed by atoms with van der Waals surface area (Å²) in [7, 11) is 0. The van der Waals surface area contributed by atoms with E-state index in [1.807, 2.05) is 0 Å². The van der Waals surface area contributed by atoms with Crippen LogP contribution in [0.2, 0.25) is 0 Å². The van der Waals surface area contributed by atoms with Crippen molar-refractivity contribution in [3.8, 4) is 0 Å². The lowest BCUT2D eigenvalue weighted by molar-refractivity contribution is -0.167. The van der Waals surface area contributed by atoms with Crippen molar-refractivity contribution < 1.29 is 28.6 Å². The van der Waals surface area contributed by atoms with E-state index in [1.165, 1.54) is 231 Å². The summed E-state index contributed by atoms with van der Waals surface area (Å²) in [4.78, 5) is 38.2. The van der Waals surface area contributed by atoms with Gasteiger partial charge in [0.05, 0.1) is 0 Å². The van der Waals surface area contributed by atoms with E-state index in [0.29, 0.717) is 19.3 Å². The Hall–Kier alpha value is -1.59. The summed E-state index contributed by atoms with van der Waals surface area (Å²) in [5, 5.41) is 0. The van der Waals surface area contributed by atoms with E-state index < -0.39 is 6.10 Å². The van der Waals surface area contributed by atoms with E-state index in [2.05, 4.69) is 34.6 Å². The highest BCUT2D eigenvalue weighted by Crippen LogP contribution is 2.19. The van der Waals surface area contributed by atoms with Gasteiger partial charge in [0, 0.05) is 19.3 Å². The van der Waals surface area contributed by atoms with E-state index in [0.717, 1.165) is 69.6 Å². The predicted molar refractivity (Wildman–Crippen MR) is 289 cm³/mol. The molecule has 67 heavy (non-hydrogen) atoms. The fourth-order valence-corrected chi connectivity index (χ4v) is 9.37. The molecule has 2 atom stereocenters. The van der Waals surface area contributed by atoms with Gasteiger partial charge in [-0.1, -0.05) is 304 Å². The van der Waals surface area contributed by atoms with Gasteiger partial charge in [-0.3, -0.25) is 14.4 Å². The topological polar surface area (TPSA) is 78.9 Å². The van der Waals surface area contributed by atoms with Gasteiger partial charge in [-0.05, 0) is 31.1 Å². The summed E-state index contributed by atoms with van der Waals surface area (Å²) >= 11 is 0. The fraction of sp³-hybridized carbons (Fsp3) is 0.951. The molecule has 0 radical (unpaired) electrons. The molecule has 0 fully saturated rings. The average molecular weight is 948 g/mol. The zero-order valence-corrected chi connectivity index (χ0v) is 46.0. The molecule has 0 aliphatic rings. The van der Waals surface area contributed by atoms with E-state index in [-0.39, 0.29) is 31.1 Å². The molecule has 0 aromatic heterocycles. The van der Waals surface area contributed by atoms with Crippen LogP contribution >= 0.6 is 0 Å². The zero-order chi connectivity index (χ0) is 48.9. The molecule has 0 rings (SSSR count). The molecule has 0 bridgehead atoms. The monoisotopic (exact) mass is 947 g/mol. The number of esters is 3. The van der Waals surface area contributed by atoms with Crippen LogP contribution in [0, 0.1) is 11.8 Å². The first kappa shape index (κ1) is 65.4. The van der Waals surface area contributed by atoms with Crippen molar-refractivity contribution in [1.29, 1.82) is 0 Å². The molecule has 0 aliphatic carbocycles. The van der Waals surface area contributed by atoms with Crippen molar-refractivity contribution >= 4 is 17.9 Å². The van der Waals surface area contributed by atoms with Gasteiger partial charge in [-0.2, -0.15) is 0 Å². The largest absolute Gasteiger partial charge is 0.462 e. The predicted octanol–water partition coefficient (Wildman–Crippen LogP) is 20.0. The Morgan fingerprint density at radius 3 is 0.851 bits per heavy atom. The lowest BCUT2D eigenvalue weighted by atomic mass is 9.99. The van der Waals surface area contributed by atoms with Crippen molar-refractivity contribution in [3.05, 3.63) is 0 Å². The number of rotatable bonds is 55. The molecule has 398 valence electrons. The summed E-state index contributed by atoms with van der Waals surface area (Å²) in [6.07, 6.45) is 58.0. The van der Waals surface area contributed by atoms with Gasteiger partial charge >= 0.3 is 17.9 Å². The second kappa shape index (κ2) is 53.8. The number of carbonyl (C=O) groups excluding carboxylic acids is 3. The molecule has 0 heterocycles. The third-order valence-electron chi connectivity index (χ3n) is 14.3. The van der Waals surface area contributed by atoms with Gasteiger partial charge in [0.25, 0.3) is 0 Å². The van der Waals surface area contributed by atoms with Crippen molar-refractivity contribution in [3.63, 3.8) is 0 Å². The summed E-state index contributed by atoms with van der Waals surface area (Å²) < 4.78 is 16.9. The minimum atomic E-state index is -0.763. The first-order chi connectivity index (χ1) is 32.8. The third-order valence-corrected chi connectivity index (χ3v) is 14.3. The molecule has 0 aliphatic heterocycles. The number of unbranched alkanes of at least 4 members (excludes halogenated alkanes) is 39. The molecule has 0 amide bonds. The highest BCUT2D eigenvalue weighted by atomic mass is 16.6. The molecule has 0 saturated heterocycles. The Labute approximate surface area is 418 Å². The number of ether oxygens (including phenoxy) is 3. The van der Waals surface area contributed by atoms with Gasteiger partial charge in [0.2, 0.25) is 0 Å². The number of carbonyl (C=O) groups is 3. The minimum absolute atomic E-state index is 0.0622. The maximum Gasteiger partial charge on any atom is 0.306 e. The fourth-order valence-electron chi connectivity index (χ4n) is 9.37. The van der Waals surface area contributed by atoms with Crippen LogP contribution in [0.4, 0.5) is 0 Å². The molecule has 1 unspecified atom stereocenters. The molecular weight excluding hydrogens is 829 g/mol. The summed E-state index contributed by atoms with van der Waals surface area (Å²) in [5.41, 5.74) is 0. The van der Waals surface area contributed by atoms with E-state index in [9.17, 15) is 14.4 Å². The van der Waals surface area contributed by atoms with Crippen LogP contribution in [-0.4, -0.2) is 37.2 Å². The smallest absolute Gasteiger partial charge is 0.306 e. The second-order valence-electron chi connectivity index (χ2n) is 21.7. The quantitative estimate of drug-likeness (QED) is 0.0343. The lowest BCUT2D eigenvalue weighted by Gasteiger charge is -2.18. The maximum atomic E-state index is 12.8. The van der Waals surface area contributed by atoms with E-state index in [1.54, 1.807) is 0 Å². The molecule has 0 aromatic carbocycles. The number of hydrogen-bond acceptors (Lipinski definition) is 6. The van der Waals surface area contributed by atoms with Crippen LogP contribution in [-0.2, 0) is 28.6 Å². The van der Waals surface area contributed by atoms with Gasteiger partial charge in [0.15, 0.2) is 6.10 Å². The van der Waals surface area contributed by atoms with Gasteiger partial charge in [-0.15, -0.1) is 0 Å². The SMILES string of the molecule is CCCCCCCCCCCCCCCC(=O)O[C@H](COC(=O)CCCCCCCCCCCCCCCCCC(C)C)COC(=O)CCCCCCCCCCCCCCCCC(C)CC. The van der Waals surface area contributed by atoms with Gasteiger partial charge in [-0.25, -0.2) is 0 Å². The van der Waals surface area contributed by atoms with Gasteiger partial charge in [0.1, 0.15) is 13.2 Å². The molecule has 0 N–H and O–H groups in total. The Morgan fingerprint density at radius 2 is 0.567 bits per heavy atom. The third kappa shape index (κ3) is 53.6. The van der Waals surface area contributed by atoms with Crippen LogP contribution < -0.4 is 0 Å². The van der Waals surface area contributed by atoms with Crippen LogP contribution in [0.3, 0.4) is 0 Å². The highest BCUT2D eigenvalue weighted by Gasteiger charge is 2.19. The first-order valence-corrected chi connectivity index (χ1v) is 30.3. The molecule has 0 saturated carbocycles. The van der Waals surface area contributed by atoms with Crippen LogP contribution in [0.25, 0.3) is 0 Å². The van der Waals surface area contributed by atoms with Crippen molar-refractivity contribution in [2.75, 3.05) is 13.2 Å². The Morgan fingerprint density at radius 1 is 0.313 bits per heavy atom. The second-order valence-corrected chi connectivity index (χ2v) is 21.7. The Bertz CT molecular complexity index is 1030. The summed E-state index contributed by atoms with van der Waals surface area (Å²) in [6.45, 7) is 11.5. The normalized spacial score (nSPS) is 12.4. The Balaban J connectivity index is 4.27. The molecule has 0 spiro atoms. The van der Waals surface area contributed by atoms with Crippen molar-refractivity contribution in [1.82, 2.24) is 0 Å².